The normalized spacial score (nSPS) is 17.6. The molecule has 0 spiro atoms. The van der Waals surface area contributed by atoms with E-state index in [2.05, 4.69) is 34.5 Å². The fraction of sp³-hybridized carbons (Fsp3) is 0.435. The number of hydrogen-bond acceptors (Lipinski definition) is 3. The van der Waals surface area contributed by atoms with Gasteiger partial charge in [0.15, 0.2) is 0 Å². The molecule has 2 aromatic carbocycles. The van der Waals surface area contributed by atoms with E-state index in [9.17, 15) is 4.79 Å². The van der Waals surface area contributed by atoms with Crippen LogP contribution in [0.25, 0.3) is 0 Å². The third kappa shape index (κ3) is 4.58. The van der Waals surface area contributed by atoms with Crippen molar-refractivity contribution in [1.82, 2.24) is 10.2 Å². The summed E-state index contributed by atoms with van der Waals surface area (Å²) in [6.07, 6.45) is 5.08. The van der Waals surface area contributed by atoms with Crippen molar-refractivity contribution >= 4 is 11.7 Å². The molecular weight excluding hydrogens is 350 g/mol. The molecule has 1 N–H and O–H groups in total. The van der Waals surface area contributed by atoms with Gasteiger partial charge in [-0.2, -0.15) is 0 Å². The van der Waals surface area contributed by atoms with Crippen molar-refractivity contribution in [3.8, 4) is 5.75 Å². The highest BCUT2D eigenvalue weighted by molar-refractivity contribution is 5.74. The van der Waals surface area contributed by atoms with Gasteiger partial charge in [0, 0.05) is 44.0 Å². The van der Waals surface area contributed by atoms with Crippen LogP contribution in [0.5, 0.6) is 5.75 Å². The van der Waals surface area contributed by atoms with Crippen LogP contribution in [0.2, 0.25) is 0 Å². The van der Waals surface area contributed by atoms with Crippen LogP contribution in [0.4, 0.5) is 10.5 Å². The van der Waals surface area contributed by atoms with Crippen LogP contribution in [-0.4, -0.2) is 43.2 Å². The van der Waals surface area contributed by atoms with E-state index in [1.807, 2.05) is 35.2 Å². The molecule has 5 heteroatoms. The fourth-order valence-electron chi connectivity index (χ4n) is 4.04. The van der Waals surface area contributed by atoms with E-state index in [-0.39, 0.29) is 6.03 Å². The zero-order chi connectivity index (χ0) is 19.2. The molecule has 5 nitrogen and oxygen atoms in total. The lowest BCUT2D eigenvalue weighted by Crippen LogP contribution is -2.51. The van der Waals surface area contributed by atoms with Crippen LogP contribution in [0.3, 0.4) is 0 Å². The highest BCUT2D eigenvalue weighted by Crippen LogP contribution is 2.26. The Labute approximate surface area is 167 Å². The molecule has 2 amide bonds. The number of ether oxygens (including phenoxy) is 1. The molecule has 4 rings (SSSR count). The molecule has 148 valence electrons. The molecule has 0 aromatic heterocycles. The number of piperazine rings is 1. The van der Waals surface area contributed by atoms with Crippen molar-refractivity contribution in [2.24, 2.45) is 0 Å². The Hall–Kier alpha value is -2.69. The minimum absolute atomic E-state index is 0.00313. The summed E-state index contributed by atoms with van der Waals surface area (Å²) in [5, 5.41) is 3.08. The summed E-state index contributed by atoms with van der Waals surface area (Å²) in [4.78, 5) is 16.9. The summed E-state index contributed by atoms with van der Waals surface area (Å²) in [5.41, 5.74) is 2.27. The lowest BCUT2D eigenvalue weighted by molar-refractivity contribution is 0.192. The van der Waals surface area contributed by atoms with Gasteiger partial charge in [0.2, 0.25) is 0 Å². The number of rotatable bonds is 5. The van der Waals surface area contributed by atoms with Gasteiger partial charge in [0.05, 0.1) is 6.10 Å². The van der Waals surface area contributed by atoms with Gasteiger partial charge in [-0.1, -0.05) is 36.4 Å². The molecule has 1 aliphatic carbocycles. The molecule has 1 aliphatic heterocycles. The molecule has 28 heavy (non-hydrogen) atoms. The SMILES string of the molecule is O=C(NCc1ccccc1OC1CCCC1)N1CCN(c2ccccc2)CC1. The predicted octanol–water partition coefficient (Wildman–Crippen LogP) is 4.04. The first-order valence-electron chi connectivity index (χ1n) is 10.4. The zero-order valence-corrected chi connectivity index (χ0v) is 16.3. The van der Waals surface area contributed by atoms with E-state index in [1.165, 1.54) is 18.5 Å². The number of nitrogens with zero attached hydrogens (tertiary/aromatic N) is 2. The highest BCUT2D eigenvalue weighted by Gasteiger charge is 2.22. The molecule has 2 fully saturated rings. The van der Waals surface area contributed by atoms with Crippen LogP contribution < -0.4 is 15.0 Å². The number of benzene rings is 2. The van der Waals surface area contributed by atoms with Gasteiger partial charge in [-0.05, 0) is 43.9 Å². The van der Waals surface area contributed by atoms with E-state index in [1.54, 1.807) is 0 Å². The second-order valence-corrected chi connectivity index (χ2v) is 7.60. The number of urea groups is 1. The molecule has 0 bridgehead atoms. The van der Waals surface area contributed by atoms with Gasteiger partial charge in [-0.15, -0.1) is 0 Å². The zero-order valence-electron chi connectivity index (χ0n) is 16.3. The third-order valence-electron chi connectivity index (χ3n) is 5.69. The van der Waals surface area contributed by atoms with E-state index in [0.717, 1.165) is 50.3 Å². The topological polar surface area (TPSA) is 44.8 Å². The van der Waals surface area contributed by atoms with Crippen molar-refractivity contribution in [3.05, 3.63) is 60.2 Å². The number of amides is 2. The van der Waals surface area contributed by atoms with Gasteiger partial charge in [-0.3, -0.25) is 0 Å². The minimum atomic E-state index is 0.00313. The Balaban J connectivity index is 1.28. The molecule has 1 saturated heterocycles. The molecule has 1 saturated carbocycles. The number of anilines is 1. The van der Waals surface area contributed by atoms with E-state index in [0.29, 0.717) is 12.6 Å². The first kappa shape index (κ1) is 18.7. The average Bonchev–Trinajstić information content (AvgIpc) is 3.27. The summed E-state index contributed by atoms with van der Waals surface area (Å²) in [6.45, 7) is 3.69. The Morgan fingerprint density at radius 3 is 2.36 bits per heavy atom. The molecule has 0 atom stereocenters. The first-order chi connectivity index (χ1) is 13.8. The second kappa shape index (κ2) is 9.00. The molecule has 0 unspecified atom stereocenters. The number of carbonyl (C=O) groups excluding carboxylic acids is 1. The van der Waals surface area contributed by atoms with Crippen molar-refractivity contribution in [2.45, 2.75) is 38.3 Å². The van der Waals surface area contributed by atoms with Crippen LogP contribution in [-0.2, 0) is 6.54 Å². The maximum atomic E-state index is 12.6. The summed E-state index contributed by atoms with van der Waals surface area (Å²) in [6, 6.07) is 18.4. The van der Waals surface area contributed by atoms with Gasteiger partial charge in [-0.25, -0.2) is 4.79 Å². The summed E-state index contributed by atoms with van der Waals surface area (Å²) in [7, 11) is 0. The van der Waals surface area contributed by atoms with Crippen molar-refractivity contribution in [2.75, 3.05) is 31.1 Å². The van der Waals surface area contributed by atoms with E-state index >= 15 is 0 Å². The smallest absolute Gasteiger partial charge is 0.317 e. The summed E-state index contributed by atoms with van der Waals surface area (Å²) >= 11 is 0. The highest BCUT2D eigenvalue weighted by atomic mass is 16.5. The quantitative estimate of drug-likeness (QED) is 0.853. The van der Waals surface area contributed by atoms with Gasteiger partial charge in [0.25, 0.3) is 0 Å². The van der Waals surface area contributed by atoms with Gasteiger partial charge in [0.1, 0.15) is 5.75 Å². The molecule has 2 aliphatic rings. The van der Waals surface area contributed by atoms with Gasteiger partial charge < -0.3 is 19.9 Å². The maximum Gasteiger partial charge on any atom is 0.317 e. The van der Waals surface area contributed by atoms with Crippen LogP contribution >= 0.6 is 0 Å². The maximum absolute atomic E-state index is 12.6. The standard InChI is InChI=1S/C23H29N3O2/c27-23(26-16-14-25(15-17-26)20-9-2-1-3-10-20)24-18-19-8-4-7-13-22(19)28-21-11-5-6-12-21/h1-4,7-10,13,21H,5-6,11-12,14-18H2,(H,24,27). The van der Waals surface area contributed by atoms with Crippen LogP contribution in [0, 0.1) is 0 Å². The number of nitrogens with one attached hydrogen (secondary N) is 1. The lowest BCUT2D eigenvalue weighted by atomic mass is 10.2. The third-order valence-corrected chi connectivity index (χ3v) is 5.69. The Bertz CT molecular complexity index is 766. The Morgan fingerprint density at radius 1 is 0.929 bits per heavy atom. The van der Waals surface area contributed by atoms with Crippen molar-refractivity contribution in [3.63, 3.8) is 0 Å². The Morgan fingerprint density at radius 2 is 1.61 bits per heavy atom. The summed E-state index contributed by atoms with van der Waals surface area (Å²) in [5.74, 6) is 0.906. The average molecular weight is 380 g/mol. The predicted molar refractivity (Wildman–Crippen MR) is 112 cm³/mol. The van der Waals surface area contributed by atoms with Crippen molar-refractivity contribution in [1.29, 1.82) is 0 Å². The van der Waals surface area contributed by atoms with Gasteiger partial charge >= 0.3 is 6.03 Å². The van der Waals surface area contributed by atoms with E-state index in [4.69, 9.17) is 4.74 Å². The largest absolute Gasteiger partial charge is 0.490 e. The van der Waals surface area contributed by atoms with E-state index < -0.39 is 0 Å². The lowest BCUT2D eigenvalue weighted by Gasteiger charge is -2.36. The van der Waals surface area contributed by atoms with Crippen LogP contribution in [0.15, 0.2) is 54.6 Å². The number of hydrogen-bond donors (Lipinski definition) is 1. The molecule has 1 heterocycles. The monoisotopic (exact) mass is 379 g/mol. The summed E-state index contributed by atoms with van der Waals surface area (Å²) < 4.78 is 6.18. The van der Waals surface area contributed by atoms with Crippen molar-refractivity contribution < 1.29 is 9.53 Å². The second-order valence-electron chi connectivity index (χ2n) is 7.60. The number of carbonyl (C=O) groups is 1. The van der Waals surface area contributed by atoms with Crippen LogP contribution in [0.1, 0.15) is 31.2 Å². The molecule has 2 aromatic rings. The fourth-order valence-corrected chi connectivity index (χ4v) is 4.04. The first-order valence-corrected chi connectivity index (χ1v) is 10.4. The number of para-hydroxylation sites is 2. The molecule has 0 radical (unpaired) electrons. The molecular formula is C23H29N3O2. The minimum Gasteiger partial charge on any atom is -0.490 e. The Kier molecular flexibility index (Phi) is 6.00.